The Hall–Kier alpha value is -3.72. The first kappa shape index (κ1) is 23.9. The van der Waals surface area contributed by atoms with Crippen LogP contribution < -0.4 is 22.3 Å². The van der Waals surface area contributed by atoms with Crippen LogP contribution in [0.3, 0.4) is 0 Å². The zero-order chi connectivity index (χ0) is 24.3. The lowest BCUT2D eigenvalue weighted by atomic mass is 9.80. The lowest BCUT2D eigenvalue weighted by Gasteiger charge is -2.27. The number of halogens is 1. The van der Waals surface area contributed by atoms with Gasteiger partial charge < -0.3 is 16.5 Å². The zero-order valence-electron chi connectivity index (χ0n) is 19.5. The van der Waals surface area contributed by atoms with Crippen LogP contribution in [0.1, 0.15) is 44.5 Å². The van der Waals surface area contributed by atoms with Gasteiger partial charge in [0.15, 0.2) is 5.82 Å². The average molecular weight is 451 g/mol. The van der Waals surface area contributed by atoms with E-state index in [9.17, 15) is 4.39 Å². The van der Waals surface area contributed by atoms with Crippen molar-refractivity contribution in [2.24, 2.45) is 5.84 Å². The van der Waals surface area contributed by atoms with Crippen molar-refractivity contribution in [3.63, 3.8) is 0 Å². The summed E-state index contributed by atoms with van der Waals surface area (Å²) in [5.41, 5.74) is 12.0. The third kappa shape index (κ3) is 4.07. The number of aromatic nitrogens is 4. The van der Waals surface area contributed by atoms with Crippen LogP contribution in [0.2, 0.25) is 0 Å². The quantitative estimate of drug-likeness (QED) is 0.332. The number of rotatable bonds is 6. The highest BCUT2D eigenvalue weighted by Crippen LogP contribution is 2.48. The van der Waals surface area contributed by atoms with E-state index in [-0.39, 0.29) is 11.6 Å². The molecule has 0 fully saturated rings. The van der Waals surface area contributed by atoms with Crippen LogP contribution in [0.4, 0.5) is 16.0 Å². The predicted octanol–water partition coefficient (Wildman–Crippen LogP) is 3.87. The molecule has 1 aliphatic heterocycles. The summed E-state index contributed by atoms with van der Waals surface area (Å²) in [6.45, 7) is 16.3. The smallest absolute Gasteiger partial charge is 0.184 e. The number of anilines is 2. The Labute approximate surface area is 193 Å². The number of benzene rings is 1. The molecule has 2 aromatic heterocycles. The van der Waals surface area contributed by atoms with Crippen LogP contribution in [0.15, 0.2) is 54.9 Å². The van der Waals surface area contributed by atoms with Gasteiger partial charge >= 0.3 is 0 Å². The maximum absolute atomic E-state index is 14.1. The molecule has 3 aromatic rings. The third-order valence-corrected chi connectivity index (χ3v) is 5.82. The molecule has 0 saturated carbocycles. The van der Waals surface area contributed by atoms with Gasteiger partial charge in [-0.15, -0.1) is 0 Å². The first-order valence-electron chi connectivity index (χ1n) is 10.9. The van der Waals surface area contributed by atoms with Crippen LogP contribution in [-0.2, 0) is 18.4 Å². The number of hydrazine groups is 1. The Morgan fingerprint density at radius 1 is 1.27 bits per heavy atom. The number of nitrogens with one attached hydrogen (secondary N) is 2. The summed E-state index contributed by atoms with van der Waals surface area (Å²) in [5.74, 6) is 6.52. The molecule has 0 bridgehead atoms. The fourth-order valence-electron chi connectivity index (χ4n) is 3.85. The Morgan fingerprint density at radius 2 is 1.97 bits per heavy atom. The minimum atomic E-state index is -0.758. The van der Waals surface area contributed by atoms with Crippen LogP contribution >= 0.6 is 0 Å². The van der Waals surface area contributed by atoms with Crippen LogP contribution in [0.25, 0.3) is 11.5 Å². The first-order chi connectivity index (χ1) is 15.8. The van der Waals surface area contributed by atoms with Crippen LogP contribution in [0, 0.1) is 5.82 Å². The van der Waals surface area contributed by atoms with E-state index in [2.05, 4.69) is 39.0 Å². The summed E-state index contributed by atoms with van der Waals surface area (Å²) >= 11 is 0. The van der Waals surface area contributed by atoms with E-state index < -0.39 is 5.41 Å². The summed E-state index contributed by atoms with van der Waals surface area (Å²) < 4.78 is 15.9. The molecule has 9 heteroatoms. The minimum absolute atomic E-state index is 0.268. The van der Waals surface area contributed by atoms with E-state index in [0.717, 1.165) is 12.1 Å². The second kappa shape index (κ2) is 9.41. The SMILES string of the molecule is C=C(NN)C1(C)C(=C)Nc2nc(-c3cc(CC)n(Cc4ccccc4F)n3)nc(N)c21.CC. The molecule has 0 saturated heterocycles. The van der Waals surface area contributed by atoms with E-state index in [1.165, 1.54) is 6.07 Å². The Morgan fingerprint density at radius 3 is 2.61 bits per heavy atom. The highest BCUT2D eigenvalue weighted by Gasteiger charge is 2.44. The molecule has 1 aliphatic rings. The highest BCUT2D eigenvalue weighted by atomic mass is 19.1. The first-order valence-corrected chi connectivity index (χ1v) is 10.9. The molecule has 0 aliphatic carbocycles. The predicted molar refractivity (Wildman–Crippen MR) is 130 cm³/mol. The summed E-state index contributed by atoms with van der Waals surface area (Å²) in [6.07, 6.45) is 0.719. The molecular weight excluding hydrogens is 419 g/mol. The molecular formula is C24H31FN8. The lowest BCUT2D eigenvalue weighted by Crippen LogP contribution is -2.36. The van der Waals surface area contributed by atoms with Gasteiger partial charge in [-0.3, -0.25) is 10.5 Å². The fourth-order valence-corrected chi connectivity index (χ4v) is 3.85. The van der Waals surface area contributed by atoms with E-state index in [1.807, 2.05) is 33.8 Å². The number of hydrogen-bond donors (Lipinski definition) is 4. The number of nitrogens with zero attached hydrogens (tertiary/aromatic N) is 4. The molecule has 1 atom stereocenters. The normalized spacial score (nSPS) is 16.5. The summed E-state index contributed by atoms with van der Waals surface area (Å²) in [5, 5.41) is 7.80. The highest BCUT2D eigenvalue weighted by molar-refractivity contribution is 5.75. The monoisotopic (exact) mass is 450 g/mol. The molecule has 1 aromatic carbocycles. The van der Waals surface area contributed by atoms with E-state index >= 15 is 0 Å². The van der Waals surface area contributed by atoms with Crippen molar-refractivity contribution in [3.8, 4) is 11.5 Å². The van der Waals surface area contributed by atoms with Crippen molar-refractivity contribution in [2.75, 3.05) is 11.1 Å². The maximum Gasteiger partial charge on any atom is 0.184 e. The molecule has 8 nitrogen and oxygen atoms in total. The average Bonchev–Trinajstić information content (AvgIpc) is 3.34. The molecule has 3 heterocycles. The van der Waals surface area contributed by atoms with E-state index in [0.29, 0.717) is 46.4 Å². The van der Waals surface area contributed by atoms with Crippen molar-refractivity contribution in [1.82, 2.24) is 25.2 Å². The lowest BCUT2D eigenvalue weighted by molar-refractivity contribution is 0.577. The van der Waals surface area contributed by atoms with Gasteiger partial charge in [-0.05, 0) is 25.5 Å². The summed E-state index contributed by atoms with van der Waals surface area (Å²) in [6, 6.07) is 8.55. The van der Waals surface area contributed by atoms with Crippen LogP contribution in [0.5, 0.6) is 0 Å². The van der Waals surface area contributed by atoms with Gasteiger partial charge in [-0.1, -0.05) is 52.1 Å². The topological polar surface area (TPSA) is 120 Å². The maximum atomic E-state index is 14.1. The van der Waals surface area contributed by atoms with Gasteiger partial charge in [0.1, 0.15) is 23.1 Å². The molecule has 0 amide bonds. The zero-order valence-corrected chi connectivity index (χ0v) is 19.5. The van der Waals surface area contributed by atoms with E-state index in [4.69, 9.17) is 11.6 Å². The van der Waals surface area contributed by atoms with Gasteiger partial charge in [0.2, 0.25) is 0 Å². The minimum Gasteiger partial charge on any atom is -0.383 e. The van der Waals surface area contributed by atoms with E-state index in [1.54, 1.807) is 22.9 Å². The van der Waals surface area contributed by atoms with Crippen molar-refractivity contribution < 1.29 is 4.39 Å². The van der Waals surface area contributed by atoms with Crippen molar-refractivity contribution >= 4 is 11.6 Å². The largest absolute Gasteiger partial charge is 0.383 e. The Bertz CT molecular complexity index is 1200. The number of hydrogen-bond acceptors (Lipinski definition) is 7. The number of nitrogen functional groups attached to an aromatic ring is 1. The molecule has 0 radical (unpaired) electrons. The summed E-state index contributed by atoms with van der Waals surface area (Å²) in [4.78, 5) is 9.14. The van der Waals surface area contributed by atoms with Crippen molar-refractivity contribution in [3.05, 3.63) is 77.5 Å². The molecule has 1 unspecified atom stereocenters. The molecule has 174 valence electrons. The molecule has 0 spiro atoms. The number of nitrogens with two attached hydrogens (primary N) is 2. The second-order valence-corrected chi connectivity index (χ2v) is 7.63. The van der Waals surface area contributed by atoms with Gasteiger partial charge in [0, 0.05) is 22.7 Å². The third-order valence-electron chi connectivity index (χ3n) is 5.82. The van der Waals surface area contributed by atoms with Gasteiger partial charge in [0.05, 0.1) is 17.5 Å². The molecule has 33 heavy (non-hydrogen) atoms. The van der Waals surface area contributed by atoms with Crippen LogP contribution in [-0.4, -0.2) is 19.7 Å². The standard InChI is InChI=1S/C22H25FN8.C2H6/c1-5-15-10-17(30-31(15)11-14-8-6-7-9-16(14)23)20-27-19(24)18-21(28-20)26-12(2)22(18,4)13(3)29-25;1-2/h6-10,29H,2-3,5,11,25H2,1,4H3,(H3,24,26,27,28);1-2H3. The van der Waals surface area contributed by atoms with Gasteiger partial charge in [-0.25, -0.2) is 14.4 Å². The van der Waals surface area contributed by atoms with Gasteiger partial charge in [-0.2, -0.15) is 5.10 Å². The second-order valence-electron chi connectivity index (χ2n) is 7.63. The van der Waals surface area contributed by atoms with Crippen molar-refractivity contribution in [2.45, 2.75) is 46.1 Å². The molecule has 6 N–H and O–H groups in total. The number of aryl methyl sites for hydroxylation is 1. The fraction of sp³-hybridized carbons (Fsp3) is 0.292. The number of fused-ring (bicyclic) bond motifs is 1. The Balaban J connectivity index is 0.00000149. The summed E-state index contributed by atoms with van der Waals surface area (Å²) in [7, 11) is 0. The van der Waals surface area contributed by atoms with Gasteiger partial charge in [0.25, 0.3) is 0 Å². The Kier molecular flexibility index (Phi) is 6.83. The molecule has 4 rings (SSSR count). The van der Waals surface area contributed by atoms with Crippen molar-refractivity contribution in [1.29, 1.82) is 0 Å².